The Labute approximate surface area is 104 Å². The Morgan fingerprint density at radius 2 is 2.18 bits per heavy atom. The number of ketones is 1. The molecule has 0 atom stereocenters. The normalized spacial score (nSPS) is 10.5. The third-order valence-corrected chi connectivity index (χ3v) is 2.57. The molecule has 0 saturated carbocycles. The molecule has 0 aliphatic carbocycles. The fraction of sp³-hybridized carbons (Fsp3) is 0.250. The first-order valence-corrected chi connectivity index (χ1v) is 5.62. The average molecular weight is 250 g/mol. The van der Waals surface area contributed by atoms with Gasteiger partial charge in [-0.05, 0) is 32.0 Å². The number of carbonyl (C=O) groups excluding carboxylic acids is 1. The molecule has 2 aromatic rings. The predicted molar refractivity (Wildman–Crippen MR) is 65.5 cm³/mol. The summed E-state index contributed by atoms with van der Waals surface area (Å²) >= 11 is 5.90. The zero-order chi connectivity index (χ0) is 12.4. The molecule has 4 nitrogen and oxygen atoms in total. The summed E-state index contributed by atoms with van der Waals surface area (Å²) in [7, 11) is 0. The Morgan fingerprint density at radius 1 is 1.41 bits per heavy atom. The second kappa shape index (κ2) is 4.67. The van der Waals surface area contributed by atoms with Crippen LogP contribution >= 0.6 is 11.6 Å². The van der Waals surface area contributed by atoms with Crippen LogP contribution in [0.1, 0.15) is 18.3 Å². The lowest BCUT2D eigenvalue weighted by molar-refractivity contribution is -0.116. The molecular weight excluding hydrogens is 238 g/mol. The number of aryl methyl sites for hydroxylation is 1. The van der Waals surface area contributed by atoms with Gasteiger partial charge >= 0.3 is 0 Å². The highest BCUT2D eigenvalue weighted by Gasteiger charge is 2.10. The second-order valence-electron chi connectivity index (χ2n) is 3.88. The van der Waals surface area contributed by atoms with Crippen LogP contribution in [0.15, 0.2) is 24.3 Å². The molecule has 0 unspecified atom stereocenters. The van der Waals surface area contributed by atoms with Gasteiger partial charge in [-0.15, -0.1) is 0 Å². The fourth-order valence-electron chi connectivity index (χ4n) is 1.52. The van der Waals surface area contributed by atoms with Gasteiger partial charge in [0.05, 0.1) is 23.5 Å². The smallest absolute Gasteiger partial charge is 0.135 e. The van der Waals surface area contributed by atoms with Crippen molar-refractivity contribution >= 4 is 17.4 Å². The highest BCUT2D eigenvalue weighted by atomic mass is 35.5. The van der Waals surface area contributed by atoms with Crippen molar-refractivity contribution in [1.29, 1.82) is 0 Å². The standard InChI is InChI=1S/C12H12ClN3O/c1-8(17)6-12-9(2)14-16(15-12)11-5-3-4-10(13)7-11/h3-5,7H,6H2,1-2H3. The number of aromatic nitrogens is 3. The van der Waals surface area contributed by atoms with Gasteiger partial charge in [0.1, 0.15) is 5.78 Å². The van der Waals surface area contributed by atoms with E-state index in [9.17, 15) is 4.79 Å². The average Bonchev–Trinajstić information content (AvgIpc) is 2.59. The van der Waals surface area contributed by atoms with Crippen LogP contribution in [-0.2, 0) is 11.2 Å². The molecule has 1 aromatic heterocycles. The Bertz CT molecular complexity index is 563. The summed E-state index contributed by atoms with van der Waals surface area (Å²) in [5, 5.41) is 9.19. The molecule has 0 aliphatic heterocycles. The number of hydrogen-bond donors (Lipinski definition) is 0. The molecule has 2 rings (SSSR count). The third kappa shape index (κ3) is 2.71. The monoisotopic (exact) mass is 249 g/mol. The van der Waals surface area contributed by atoms with E-state index in [1.807, 2.05) is 19.1 Å². The molecule has 5 heteroatoms. The van der Waals surface area contributed by atoms with Crippen LogP contribution in [0.2, 0.25) is 5.02 Å². The molecule has 1 heterocycles. The number of hydrogen-bond acceptors (Lipinski definition) is 3. The minimum atomic E-state index is 0.0752. The quantitative estimate of drug-likeness (QED) is 0.839. The summed E-state index contributed by atoms with van der Waals surface area (Å²) in [6.45, 7) is 3.38. The molecule has 0 bridgehead atoms. The van der Waals surface area contributed by atoms with Gasteiger partial charge in [-0.1, -0.05) is 17.7 Å². The molecule has 1 aromatic carbocycles. The first-order chi connectivity index (χ1) is 8.06. The van der Waals surface area contributed by atoms with Crippen molar-refractivity contribution in [3.63, 3.8) is 0 Å². The van der Waals surface area contributed by atoms with E-state index < -0.39 is 0 Å². The Balaban J connectivity index is 2.37. The van der Waals surface area contributed by atoms with Crippen LogP contribution in [-0.4, -0.2) is 20.8 Å². The minimum Gasteiger partial charge on any atom is -0.300 e. The largest absolute Gasteiger partial charge is 0.300 e. The Hall–Kier alpha value is -1.68. The van der Waals surface area contributed by atoms with Gasteiger partial charge in [-0.25, -0.2) is 0 Å². The third-order valence-electron chi connectivity index (χ3n) is 2.33. The maximum atomic E-state index is 11.1. The van der Waals surface area contributed by atoms with E-state index in [0.717, 1.165) is 11.4 Å². The second-order valence-corrected chi connectivity index (χ2v) is 4.32. The molecule has 0 amide bonds. The van der Waals surface area contributed by atoms with E-state index in [0.29, 0.717) is 17.1 Å². The topological polar surface area (TPSA) is 47.8 Å². The van der Waals surface area contributed by atoms with Gasteiger partial charge in [0, 0.05) is 5.02 Å². The van der Waals surface area contributed by atoms with E-state index in [1.54, 1.807) is 12.1 Å². The van der Waals surface area contributed by atoms with E-state index in [2.05, 4.69) is 10.2 Å². The van der Waals surface area contributed by atoms with Crippen molar-refractivity contribution in [1.82, 2.24) is 15.0 Å². The Kier molecular flexibility index (Phi) is 3.24. The zero-order valence-corrected chi connectivity index (χ0v) is 10.4. The van der Waals surface area contributed by atoms with Crippen LogP contribution < -0.4 is 0 Å². The van der Waals surface area contributed by atoms with Gasteiger partial charge in [-0.2, -0.15) is 15.0 Å². The molecule has 0 N–H and O–H groups in total. The Morgan fingerprint density at radius 3 is 2.82 bits per heavy atom. The zero-order valence-electron chi connectivity index (χ0n) is 9.64. The van der Waals surface area contributed by atoms with Crippen LogP contribution in [0.4, 0.5) is 0 Å². The summed E-state index contributed by atoms with van der Waals surface area (Å²) in [6, 6.07) is 7.26. The van der Waals surface area contributed by atoms with Crippen molar-refractivity contribution in [3.05, 3.63) is 40.7 Å². The predicted octanol–water partition coefficient (Wildman–Crippen LogP) is 2.36. The molecular formula is C12H12ClN3O. The van der Waals surface area contributed by atoms with Crippen LogP contribution in [0.3, 0.4) is 0 Å². The molecule has 0 saturated heterocycles. The molecule has 0 aliphatic rings. The van der Waals surface area contributed by atoms with Crippen molar-refractivity contribution in [2.45, 2.75) is 20.3 Å². The van der Waals surface area contributed by atoms with Crippen LogP contribution in [0.5, 0.6) is 0 Å². The van der Waals surface area contributed by atoms with E-state index in [4.69, 9.17) is 11.6 Å². The summed E-state index contributed by atoms with van der Waals surface area (Å²) in [6.07, 6.45) is 0.312. The molecule has 17 heavy (non-hydrogen) atoms. The number of rotatable bonds is 3. The van der Waals surface area contributed by atoms with Gasteiger partial charge in [0.2, 0.25) is 0 Å². The lowest BCUT2D eigenvalue weighted by Crippen LogP contribution is -2.01. The first-order valence-electron chi connectivity index (χ1n) is 5.24. The van der Waals surface area contributed by atoms with E-state index in [-0.39, 0.29) is 5.78 Å². The molecule has 88 valence electrons. The van der Waals surface area contributed by atoms with Gasteiger partial charge in [-0.3, -0.25) is 4.79 Å². The number of nitrogens with zero attached hydrogens (tertiary/aromatic N) is 3. The number of halogens is 1. The van der Waals surface area contributed by atoms with Crippen molar-refractivity contribution in [2.24, 2.45) is 0 Å². The summed E-state index contributed by atoms with van der Waals surface area (Å²) < 4.78 is 0. The lowest BCUT2D eigenvalue weighted by atomic mass is 10.2. The maximum absolute atomic E-state index is 11.1. The first kappa shape index (κ1) is 11.8. The van der Waals surface area contributed by atoms with Gasteiger partial charge < -0.3 is 0 Å². The van der Waals surface area contributed by atoms with Crippen LogP contribution in [0, 0.1) is 6.92 Å². The number of carbonyl (C=O) groups is 1. The van der Waals surface area contributed by atoms with Crippen molar-refractivity contribution < 1.29 is 4.79 Å². The summed E-state index contributed by atoms with van der Waals surface area (Å²) in [4.78, 5) is 12.6. The highest BCUT2D eigenvalue weighted by Crippen LogP contribution is 2.14. The maximum Gasteiger partial charge on any atom is 0.135 e. The van der Waals surface area contributed by atoms with Crippen LogP contribution in [0.25, 0.3) is 5.69 Å². The van der Waals surface area contributed by atoms with Gasteiger partial charge in [0.25, 0.3) is 0 Å². The lowest BCUT2D eigenvalue weighted by Gasteiger charge is -1.98. The van der Waals surface area contributed by atoms with E-state index >= 15 is 0 Å². The molecule has 0 fully saturated rings. The fourth-order valence-corrected chi connectivity index (χ4v) is 1.71. The minimum absolute atomic E-state index is 0.0752. The van der Waals surface area contributed by atoms with Crippen molar-refractivity contribution in [2.75, 3.05) is 0 Å². The van der Waals surface area contributed by atoms with Gasteiger partial charge in [0.15, 0.2) is 0 Å². The number of benzene rings is 1. The summed E-state index contributed by atoms with van der Waals surface area (Å²) in [5.74, 6) is 0.0752. The summed E-state index contributed by atoms with van der Waals surface area (Å²) in [5.41, 5.74) is 2.26. The molecule has 0 spiro atoms. The van der Waals surface area contributed by atoms with Crippen molar-refractivity contribution in [3.8, 4) is 5.69 Å². The molecule has 0 radical (unpaired) electrons. The van der Waals surface area contributed by atoms with E-state index in [1.165, 1.54) is 11.7 Å². The highest BCUT2D eigenvalue weighted by molar-refractivity contribution is 6.30. The SMILES string of the molecule is CC(=O)Cc1nn(-c2cccc(Cl)c2)nc1C. The number of Topliss-reactive ketones (excluding diaryl/α,β-unsaturated/α-hetero) is 1.